The Bertz CT molecular complexity index is 627. The molecule has 0 aliphatic carbocycles. The van der Waals surface area contributed by atoms with Gasteiger partial charge in [0.25, 0.3) is 0 Å². The highest BCUT2D eigenvalue weighted by Crippen LogP contribution is 2.20. The Labute approximate surface area is 110 Å². The summed E-state index contributed by atoms with van der Waals surface area (Å²) in [5, 5.41) is 4.96. The average Bonchev–Trinajstić information content (AvgIpc) is 2.32. The maximum atomic E-state index is 11.6. The predicted octanol–water partition coefficient (Wildman–Crippen LogP) is -0.298. The molecule has 0 spiro atoms. The summed E-state index contributed by atoms with van der Waals surface area (Å²) in [6.07, 6.45) is 3.03. The van der Waals surface area contributed by atoms with Crippen molar-refractivity contribution in [3.8, 4) is 0 Å². The number of imide groups is 1. The Hall–Kier alpha value is -1.96. The zero-order valence-electron chi connectivity index (χ0n) is 10.2. The van der Waals surface area contributed by atoms with E-state index in [1.165, 1.54) is 18.3 Å². The number of anilines is 1. The topological polar surface area (TPSA) is 105 Å². The number of piperidine rings is 1. The summed E-state index contributed by atoms with van der Waals surface area (Å²) in [6, 6.07) is 2.26. The van der Waals surface area contributed by atoms with Crippen LogP contribution >= 0.6 is 0 Å². The van der Waals surface area contributed by atoms with E-state index < -0.39 is 21.8 Å². The first-order valence-corrected chi connectivity index (χ1v) is 7.52. The highest BCUT2D eigenvalue weighted by atomic mass is 32.2. The monoisotopic (exact) mass is 283 g/mol. The van der Waals surface area contributed by atoms with Crippen molar-refractivity contribution >= 4 is 27.5 Å². The van der Waals surface area contributed by atoms with Crippen LogP contribution in [0, 0.1) is 0 Å². The first-order valence-electron chi connectivity index (χ1n) is 5.63. The van der Waals surface area contributed by atoms with Gasteiger partial charge in [-0.2, -0.15) is 0 Å². The van der Waals surface area contributed by atoms with Crippen LogP contribution in [-0.4, -0.2) is 37.5 Å². The summed E-state index contributed by atoms with van der Waals surface area (Å²) in [4.78, 5) is 26.6. The smallest absolute Gasteiger partial charge is 0.249 e. The molecule has 2 heterocycles. The van der Waals surface area contributed by atoms with Crippen LogP contribution in [0.15, 0.2) is 23.2 Å². The fraction of sp³-hybridized carbons (Fsp3) is 0.364. The van der Waals surface area contributed by atoms with Crippen LogP contribution < -0.4 is 10.6 Å². The molecule has 1 saturated heterocycles. The lowest BCUT2D eigenvalue weighted by Gasteiger charge is -2.23. The van der Waals surface area contributed by atoms with Crippen molar-refractivity contribution < 1.29 is 18.0 Å². The average molecular weight is 283 g/mol. The second-order valence-electron chi connectivity index (χ2n) is 4.27. The molecule has 0 bridgehead atoms. The molecule has 2 rings (SSSR count). The largest absolute Gasteiger partial charge is 0.357 e. The fourth-order valence-electron chi connectivity index (χ4n) is 1.79. The standard InChI is InChI=1S/C11H13N3O4S/c1-19(17,18)8-3-2-6-12-10(8)13-7-4-5-9(15)14-11(7)16/h2-3,6-7H,4-5H2,1H3,(H,12,13)(H,14,15,16). The molecule has 8 heteroatoms. The Balaban J connectivity index is 2.25. The Morgan fingerprint density at radius 3 is 2.79 bits per heavy atom. The second-order valence-corrected chi connectivity index (χ2v) is 6.25. The molecule has 102 valence electrons. The fourth-order valence-corrected chi connectivity index (χ4v) is 2.58. The van der Waals surface area contributed by atoms with Crippen LogP contribution in [0.25, 0.3) is 0 Å². The van der Waals surface area contributed by atoms with Crippen molar-refractivity contribution in [3.63, 3.8) is 0 Å². The molecule has 1 fully saturated rings. The van der Waals surface area contributed by atoms with Gasteiger partial charge in [0.1, 0.15) is 16.8 Å². The molecular weight excluding hydrogens is 270 g/mol. The molecule has 7 nitrogen and oxygen atoms in total. The van der Waals surface area contributed by atoms with Crippen molar-refractivity contribution in [1.29, 1.82) is 0 Å². The third kappa shape index (κ3) is 3.08. The van der Waals surface area contributed by atoms with E-state index in [2.05, 4.69) is 15.6 Å². The van der Waals surface area contributed by atoms with Crippen molar-refractivity contribution in [1.82, 2.24) is 10.3 Å². The molecule has 19 heavy (non-hydrogen) atoms. The number of rotatable bonds is 3. The maximum absolute atomic E-state index is 11.6. The van der Waals surface area contributed by atoms with Crippen molar-refractivity contribution in [2.45, 2.75) is 23.8 Å². The lowest BCUT2D eigenvalue weighted by Crippen LogP contribution is -2.47. The minimum atomic E-state index is -3.44. The van der Waals surface area contributed by atoms with E-state index >= 15 is 0 Å². The van der Waals surface area contributed by atoms with Crippen LogP contribution in [-0.2, 0) is 19.4 Å². The number of aromatic nitrogens is 1. The molecule has 0 radical (unpaired) electrons. The van der Waals surface area contributed by atoms with E-state index in [0.29, 0.717) is 6.42 Å². The molecule has 0 saturated carbocycles. The minimum absolute atomic E-state index is 0.0275. The summed E-state index contributed by atoms with van der Waals surface area (Å²) >= 11 is 0. The van der Waals surface area contributed by atoms with Gasteiger partial charge in [-0.15, -0.1) is 0 Å². The number of hydrogen-bond donors (Lipinski definition) is 2. The zero-order chi connectivity index (χ0) is 14.0. The van der Waals surface area contributed by atoms with Gasteiger partial charge < -0.3 is 5.32 Å². The lowest BCUT2D eigenvalue weighted by atomic mass is 10.1. The number of carbonyl (C=O) groups excluding carboxylic acids is 2. The second kappa shape index (κ2) is 4.96. The normalized spacial score (nSPS) is 19.9. The summed E-state index contributed by atoms with van der Waals surface area (Å²) < 4.78 is 23.2. The third-order valence-corrected chi connectivity index (χ3v) is 3.85. The van der Waals surface area contributed by atoms with Crippen molar-refractivity contribution in [3.05, 3.63) is 18.3 Å². The summed E-state index contributed by atoms with van der Waals surface area (Å²) in [5.41, 5.74) is 0. The quantitative estimate of drug-likeness (QED) is 0.738. The number of carbonyl (C=O) groups is 2. The first kappa shape index (κ1) is 13.5. The molecule has 1 aromatic rings. The van der Waals surface area contributed by atoms with E-state index in [4.69, 9.17) is 0 Å². The van der Waals surface area contributed by atoms with E-state index in [1.807, 2.05) is 0 Å². The number of nitrogens with zero attached hydrogens (tertiary/aromatic N) is 1. The molecule has 2 N–H and O–H groups in total. The van der Waals surface area contributed by atoms with Gasteiger partial charge in [-0.05, 0) is 18.6 Å². The van der Waals surface area contributed by atoms with Crippen LogP contribution in [0.2, 0.25) is 0 Å². The van der Waals surface area contributed by atoms with Crippen molar-refractivity contribution in [2.24, 2.45) is 0 Å². The highest BCUT2D eigenvalue weighted by Gasteiger charge is 2.28. The highest BCUT2D eigenvalue weighted by molar-refractivity contribution is 7.90. The first-order chi connectivity index (χ1) is 8.88. The van der Waals surface area contributed by atoms with Crippen LogP contribution in [0.4, 0.5) is 5.82 Å². The molecule has 1 aliphatic rings. The molecule has 2 amide bonds. The number of nitrogens with one attached hydrogen (secondary N) is 2. The van der Waals surface area contributed by atoms with Gasteiger partial charge in [0.15, 0.2) is 9.84 Å². The van der Waals surface area contributed by atoms with Crippen LogP contribution in [0.3, 0.4) is 0 Å². The molecule has 1 aromatic heterocycles. The van der Waals surface area contributed by atoms with Crippen LogP contribution in [0.5, 0.6) is 0 Å². The van der Waals surface area contributed by atoms with E-state index in [0.717, 1.165) is 6.26 Å². The van der Waals surface area contributed by atoms with E-state index in [9.17, 15) is 18.0 Å². The van der Waals surface area contributed by atoms with Gasteiger partial charge in [0.05, 0.1) is 0 Å². The van der Waals surface area contributed by atoms with Gasteiger partial charge in [0.2, 0.25) is 11.8 Å². The Morgan fingerprint density at radius 1 is 1.42 bits per heavy atom. The summed E-state index contributed by atoms with van der Waals surface area (Å²) in [5.74, 6) is -0.673. The van der Waals surface area contributed by atoms with Gasteiger partial charge in [-0.25, -0.2) is 13.4 Å². The van der Waals surface area contributed by atoms with Gasteiger partial charge >= 0.3 is 0 Å². The van der Waals surface area contributed by atoms with Crippen LogP contribution in [0.1, 0.15) is 12.8 Å². The Kier molecular flexibility index (Phi) is 3.52. The molecular formula is C11H13N3O4S. The number of sulfone groups is 1. The van der Waals surface area contributed by atoms with Gasteiger partial charge in [-0.3, -0.25) is 14.9 Å². The number of amides is 2. The molecule has 0 aromatic carbocycles. The molecule has 1 unspecified atom stereocenters. The summed E-state index contributed by atoms with van der Waals surface area (Å²) in [7, 11) is -3.44. The number of hydrogen-bond acceptors (Lipinski definition) is 6. The summed E-state index contributed by atoms with van der Waals surface area (Å²) in [6.45, 7) is 0. The van der Waals surface area contributed by atoms with E-state index in [1.54, 1.807) is 0 Å². The zero-order valence-corrected chi connectivity index (χ0v) is 11.0. The molecule has 1 aliphatic heterocycles. The van der Waals surface area contributed by atoms with Crippen molar-refractivity contribution in [2.75, 3.05) is 11.6 Å². The lowest BCUT2D eigenvalue weighted by molar-refractivity contribution is -0.133. The Morgan fingerprint density at radius 2 is 2.16 bits per heavy atom. The van der Waals surface area contributed by atoms with Gasteiger partial charge in [0, 0.05) is 18.9 Å². The predicted molar refractivity (Wildman–Crippen MR) is 67.1 cm³/mol. The number of pyridine rings is 1. The van der Waals surface area contributed by atoms with Gasteiger partial charge in [-0.1, -0.05) is 0 Å². The SMILES string of the molecule is CS(=O)(=O)c1cccnc1NC1CCC(=O)NC1=O. The third-order valence-electron chi connectivity index (χ3n) is 2.72. The molecule has 1 atom stereocenters. The maximum Gasteiger partial charge on any atom is 0.249 e. The van der Waals surface area contributed by atoms with E-state index in [-0.39, 0.29) is 23.0 Å². The minimum Gasteiger partial charge on any atom is -0.357 e.